The molecule has 1 aliphatic rings. The fourth-order valence-corrected chi connectivity index (χ4v) is 4.39. The lowest BCUT2D eigenvalue weighted by atomic mass is 9.99. The first-order valence-corrected chi connectivity index (χ1v) is 7.74. The van der Waals surface area contributed by atoms with Gasteiger partial charge in [0.15, 0.2) is 0 Å². The second-order valence-electron chi connectivity index (χ2n) is 3.74. The van der Waals surface area contributed by atoms with Gasteiger partial charge < -0.3 is 10.4 Å². The van der Waals surface area contributed by atoms with Gasteiger partial charge in [-0.05, 0) is 39.6 Å². The largest absolute Gasteiger partial charge is 0.479 e. The van der Waals surface area contributed by atoms with Crippen LogP contribution in [0.2, 0.25) is 0 Å². The second-order valence-corrected chi connectivity index (χ2v) is 6.62. The first kappa shape index (κ1) is 12.9. The van der Waals surface area contributed by atoms with Crippen molar-refractivity contribution in [1.82, 2.24) is 5.32 Å². The number of carbonyl (C=O) groups excluding carboxylic acids is 1. The molecule has 7 heteroatoms. The van der Waals surface area contributed by atoms with Gasteiger partial charge in [-0.25, -0.2) is 4.79 Å². The molecule has 17 heavy (non-hydrogen) atoms. The van der Waals surface area contributed by atoms with E-state index in [0.29, 0.717) is 21.5 Å². The van der Waals surface area contributed by atoms with E-state index >= 15 is 0 Å². The van der Waals surface area contributed by atoms with Crippen molar-refractivity contribution in [1.29, 1.82) is 0 Å². The summed E-state index contributed by atoms with van der Waals surface area (Å²) in [5.74, 6) is -0.0878. The zero-order valence-electron chi connectivity index (χ0n) is 8.73. The van der Waals surface area contributed by atoms with Crippen LogP contribution in [0.1, 0.15) is 16.1 Å². The summed E-state index contributed by atoms with van der Waals surface area (Å²) in [6, 6.07) is 1.77. The molecule has 92 valence electrons. The Bertz CT molecular complexity index is 454. The molecule has 2 N–H and O–H groups in total. The number of halogens is 1. The number of carboxylic acid groups (broad SMARTS) is 1. The van der Waals surface area contributed by atoms with Crippen molar-refractivity contribution < 1.29 is 14.7 Å². The summed E-state index contributed by atoms with van der Waals surface area (Å²) in [6.07, 6.45) is 0.474. The number of thiophene rings is 1. The summed E-state index contributed by atoms with van der Waals surface area (Å²) in [5, 5.41) is 13.7. The van der Waals surface area contributed by atoms with E-state index in [1.807, 2.05) is 0 Å². The molecule has 4 nitrogen and oxygen atoms in total. The predicted octanol–water partition coefficient (Wildman–Crippen LogP) is 2.20. The Labute approximate surface area is 115 Å². The highest BCUT2D eigenvalue weighted by Crippen LogP contribution is 2.30. The van der Waals surface area contributed by atoms with Gasteiger partial charge in [0.05, 0.1) is 0 Å². The minimum atomic E-state index is -1.11. The number of carbonyl (C=O) groups is 2. The van der Waals surface area contributed by atoms with Gasteiger partial charge in [-0.2, -0.15) is 11.8 Å². The van der Waals surface area contributed by atoms with E-state index in [1.165, 1.54) is 11.3 Å². The van der Waals surface area contributed by atoms with Crippen molar-refractivity contribution in [2.75, 3.05) is 11.5 Å². The van der Waals surface area contributed by atoms with Gasteiger partial charge in [-0.1, -0.05) is 0 Å². The molecular formula is C10H10BrNO3S2. The van der Waals surface area contributed by atoms with Crippen LogP contribution in [0.3, 0.4) is 0 Å². The minimum absolute atomic E-state index is 0.322. The summed E-state index contributed by atoms with van der Waals surface area (Å²) >= 11 is 6.11. The quantitative estimate of drug-likeness (QED) is 0.888. The smallest absolute Gasteiger partial charge is 0.330 e. The summed E-state index contributed by atoms with van der Waals surface area (Å²) in [6.45, 7) is 0. The van der Waals surface area contributed by atoms with E-state index in [4.69, 9.17) is 0 Å². The zero-order chi connectivity index (χ0) is 12.5. The maximum absolute atomic E-state index is 12.0. The maximum Gasteiger partial charge on any atom is 0.330 e. The molecule has 1 fully saturated rings. The highest BCUT2D eigenvalue weighted by atomic mass is 79.9. The van der Waals surface area contributed by atoms with Crippen LogP contribution in [0.15, 0.2) is 15.9 Å². The standard InChI is InChI=1S/C10H10BrNO3S2/c11-6-1-3-17-7(6)8(13)12-10(9(14)15)2-4-16-5-10/h1,3H,2,4-5H2,(H,12,13)(H,14,15). The molecule has 1 aromatic heterocycles. The second kappa shape index (κ2) is 4.99. The Kier molecular flexibility index (Phi) is 3.79. The molecule has 0 radical (unpaired) electrons. The van der Waals surface area contributed by atoms with Gasteiger partial charge in [0, 0.05) is 10.2 Å². The highest BCUT2D eigenvalue weighted by molar-refractivity contribution is 9.10. The zero-order valence-corrected chi connectivity index (χ0v) is 12.0. The van der Waals surface area contributed by atoms with Crippen molar-refractivity contribution in [3.8, 4) is 0 Å². The Balaban J connectivity index is 2.17. The lowest BCUT2D eigenvalue weighted by Gasteiger charge is -2.24. The van der Waals surface area contributed by atoms with Crippen molar-refractivity contribution >= 4 is 50.9 Å². The van der Waals surface area contributed by atoms with Crippen LogP contribution >= 0.6 is 39.0 Å². The Hall–Kier alpha value is -0.530. The number of hydrogen-bond donors (Lipinski definition) is 2. The van der Waals surface area contributed by atoms with Gasteiger partial charge in [0.2, 0.25) is 0 Å². The predicted molar refractivity (Wildman–Crippen MR) is 71.8 cm³/mol. The number of rotatable bonds is 3. The Morgan fingerprint density at radius 3 is 2.76 bits per heavy atom. The molecule has 0 saturated carbocycles. The van der Waals surface area contributed by atoms with Gasteiger partial charge >= 0.3 is 5.97 Å². The third-order valence-corrected chi connectivity index (χ3v) is 5.63. The van der Waals surface area contributed by atoms with Gasteiger partial charge in [-0.3, -0.25) is 4.79 Å². The Morgan fingerprint density at radius 2 is 2.29 bits per heavy atom. The average molecular weight is 336 g/mol. The van der Waals surface area contributed by atoms with Crippen molar-refractivity contribution in [2.45, 2.75) is 12.0 Å². The molecule has 2 rings (SSSR count). The van der Waals surface area contributed by atoms with E-state index < -0.39 is 11.5 Å². The average Bonchev–Trinajstić information content (AvgIpc) is 2.87. The monoisotopic (exact) mass is 335 g/mol. The van der Waals surface area contributed by atoms with Gasteiger partial charge in [0.25, 0.3) is 5.91 Å². The molecule has 0 aliphatic carbocycles. The molecule has 1 amide bonds. The van der Waals surface area contributed by atoms with Crippen molar-refractivity contribution in [3.63, 3.8) is 0 Å². The fraction of sp³-hybridized carbons (Fsp3) is 0.400. The lowest BCUT2D eigenvalue weighted by molar-refractivity contribution is -0.143. The third kappa shape index (κ3) is 2.51. The van der Waals surface area contributed by atoms with Gasteiger partial charge in [-0.15, -0.1) is 11.3 Å². The number of amides is 1. The molecule has 0 aromatic carbocycles. The summed E-state index contributed by atoms with van der Waals surface area (Å²) < 4.78 is 0.700. The van der Waals surface area contributed by atoms with Crippen LogP contribution in [-0.2, 0) is 4.79 Å². The molecule has 0 bridgehead atoms. The van der Waals surface area contributed by atoms with E-state index in [1.54, 1.807) is 23.2 Å². The Morgan fingerprint density at radius 1 is 1.53 bits per heavy atom. The van der Waals surface area contributed by atoms with E-state index in [-0.39, 0.29) is 5.91 Å². The molecule has 1 saturated heterocycles. The molecule has 1 atom stereocenters. The first-order valence-electron chi connectivity index (χ1n) is 4.92. The van der Waals surface area contributed by atoms with Crippen LogP contribution in [0, 0.1) is 0 Å². The van der Waals surface area contributed by atoms with Crippen LogP contribution in [0.25, 0.3) is 0 Å². The molecule has 1 aromatic rings. The summed E-state index contributed by atoms with van der Waals surface area (Å²) in [7, 11) is 0. The van der Waals surface area contributed by atoms with Crippen molar-refractivity contribution in [2.24, 2.45) is 0 Å². The van der Waals surface area contributed by atoms with Crippen LogP contribution in [-0.4, -0.2) is 34.0 Å². The van der Waals surface area contributed by atoms with Gasteiger partial charge in [0.1, 0.15) is 10.4 Å². The van der Waals surface area contributed by atoms with Crippen molar-refractivity contribution in [3.05, 3.63) is 20.8 Å². The number of aliphatic carboxylic acids is 1. The van der Waals surface area contributed by atoms with Crippen LogP contribution in [0.5, 0.6) is 0 Å². The number of carboxylic acids is 1. The molecular weight excluding hydrogens is 326 g/mol. The van der Waals surface area contributed by atoms with Crippen LogP contribution in [0.4, 0.5) is 0 Å². The SMILES string of the molecule is O=C(NC1(C(=O)O)CCSC1)c1sccc1Br. The molecule has 1 aliphatic heterocycles. The topological polar surface area (TPSA) is 66.4 Å². The fourth-order valence-electron chi connectivity index (χ4n) is 1.62. The van der Waals surface area contributed by atoms with E-state index in [0.717, 1.165) is 5.75 Å². The minimum Gasteiger partial charge on any atom is -0.479 e. The highest BCUT2D eigenvalue weighted by Gasteiger charge is 2.43. The summed E-state index contributed by atoms with van der Waals surface area (Å²) in [4.78, 5) is 23.8. The maximum atomic E-state index is 12.0. The van der Waals surface area contributed by atoms with Crippen LogP contribution < -0.4 is 5.32 Å². The summed E-state index contributed by atoms with van der Waals surface area (Å²) in [5.41, 5.74) is -1.11. The number of hydrogen-bond acceptors (Lipinski definition) is 4. The van der Waals surface area contributed by atoms with E-state index in [2.05, 4.69) is 21.2 Å². The first-order chi connectivity index (χ1) is 8.05. The van der Waals surface area contributed by atoms with E-state index in [9.17, 15) is 14.7 Å². The lowest BCUT2D eigenvalue weighted by Crippen LogP contribution is -2.54. The molecule has 2 heterocycles. The third-order valence-electron chi connectivity index (χ3n) is 2.61. The number of thioether (sulfide) groups is 1. The number of nitrogens with one attached hydrogen (secondary N) is 1. The molecule has 0 spiro atoms. The normalized spacial score (nSPS) is 23.6. The molecule has 1 unspecified atom stereocenters.